The van der Waals surface area contributed by atoms with Gasteiger partial charge in [0.15, 0.2) is 0 Å². The minimum Gasteiger partial charge on any atom is -0.352 e. The van der Waals surface area contributed by atoms with Crippen LogP contribution in [0.5, 0.6) is 0 Å². The van der Waals surface area contributed by atoms with Crippen molar-refractivity contribution >= 4 is 62.3 Å². The lowest BCUT2D eigenvalue weighted by Gasteiger charge is -2.33. The number of amides is 2. The second-order valence-corrected chi connectivity index (χ2v) is 13.1. The molecule has 0 saturated carbocycles. The van der Waals surface area contributed by atoms with E-state index >= 15 is 0 Å². The molecule has 0 aromatic heterocycles. The maximum atomic E-state index is 14.0. The number of sulfonamides is 1. The summed E-state index contributed by atoms with van der Waals surface area (Å²) in [5, 5.41) is 3.99. The first kappa shape index (κ1) is 32.7. The van der Waals surface area contributed by atoms with Crippen LogP contribution in [0.15, 0.2) is 65.6 Å². The minimum absolute atomic E-state index is 0.00281. The van der Waals surface area contributed by atoms with Crippen molar-refractivity contribution in [1.82, 2.24) is 10.2 Å². The van der Waals surface area contributed by atoms with E-state index in [0.29, 0.717) is 38.3 Å². The van der Waals surface area contributed by atoms with Crippen LogP contribution in [0.4, 0.5) is 5.69 Å². The lowest BCUT2D eigenvalue weighted by Crippen LogP contribution is -2.52. The van der Waals surface area contributed by atoms with Crippen LogP contribution in [0.3, 0.4) is 0 Å². The SMILES string of the molecule is CC[C@@H](C)NC(=O)[C@@H](C)N(Cc1ccc(Cl)c(Cl)c1)C(=O)CN(c1ccc(Cl)cc1C)S(=O)(=O)c1ccc(C)cc1. The first-order valence-electron chi connectivity index (χ1n) is 13.1. The van der Waals surface area contributed by atoms with Gasteiger partial charge < -0.3 is 10.2 Å². The van der Waals surface area contributed by atoms with Crippen molar-refractivity contribution in [3.63, 3.8) is 0 Å². The fraction of sp³-hybridized carbons (Fsp3) is 0.333. The van der Waals surface area contributed by atoms with E-state index in [2.05, 4.69) is 5.32 Å². The third-order valence-electron chi connectivity index (χ3n) is 6.82. The average molecular weight is 639 g/mol. The van der Waals surface area contributed by atoms with Crippen molar-refractivity contribution in [3.8, 4) is 0 Å². The zero-order valence-corrected chi connectivity index (χ0v) is 26.7. The molecule has 0 saturated heterocycles. The zero-order chi connectivity index (χ0) is 30.5. The minimum atomic E-state index is -4.19. The molecular formula is C30H34Cl3N3O4S. The van der Waals surface area contributed by atoms with Gasteiger partial charge in [0.2, 0.25) is 11.8 Å². The molecule has 0 spiro atoms. The monoisotopic (exact) mass is 637 g/mol. The Morgan fingerprint density at radius 1 is 0.902 bits per heavy atom. The Hall–Kier alpha value is -2.78. The fourth-order valence-electron chi connectivity index (χ4n) is 4.13. The van der Waals surface area contributed by atoms with Gasteiger partial charge in [-0.1, -0.05) is 65.5 Å². The van der Waals surface area contributed by atoms with Gasteiger partial charge in [0, 0.05) is 17.6 Å². The summed E-state index contributed by atoms with van der Waals surface area (Å²) in [6, 6.07) is 15.1. The molecule has 1 N–H and O–H groups in total. The summed E-state index contributed by atoms with van der Waals surface area (Å²) >= 11 is 18.5. The number of carbonyl (C=O) groups is 2. The molecule has 7 nitrogen and oxygen atoms in total. The maximum absolute atomic E-state index is 14.0. The molecule has 0 radical (unpaired) electrons. The van der Waals surface area contributed by atoms with Crippen LogP contribution in [0, 0.1) is 13.8 Å². The molecule has 0 aliphatic rings. The summed E-state index contributed by atoms with van der Waals surface area (Å²) in [7, 11) is -4.19. The number of anilines is 1. The molecule has 0 bridgehead atoms. The van der Waals surface area contributed by atoms with Crippen LogP contribution in [-0.2, 0) is 26.2 Å². The van der Waals surface area contributed by atoms with Gasteiger partial charge >= 0.3 is 0 Å². The topological polar surface area (TPSA) is 86.8 Å². The highest BCUT2D eigenvalue weighted by molar-refractivity contribution is 7.92. The molecule has 3 aromatic rings. The number of rotatable bonds is 11. The molecule has 41 heavy (non-hydrogen) atoms. The van der Waals surface area contributed by atoms with Crippen LogP contribution in [0.2, 0.25) is 15.1 Å². The van der Waals surface area contributed by atoms with Crippen LogP contribution in [-0.4, -0.2) is 43.8 Å². The molecule has 11 heteroatoms. The highest BCUT2D eigenvalue weighted by atomic mass is 35.5. The van der Waals surface area contributed by atoms with E-state index in [0.717, 1.165) is 9.87 Å². The number of benzene rings is 3. The molecule has 2 atom stereocenters. The Morgan fingerprint density at radius 3 is 2.15 bits per heavy atom. The number of hydrogen-bond donors (Lipinski definition) is 1. The van der Waals surface area contributed by atoms with E-state index < -0.39 is 28.5 Å². The lowest BCUT2D eigenvalue weighted by atomic mass is 10.1. The molecule has 2 amide bonds. The molecule has 220 valence electrons. The Balaban J connectivity index is 2.07. The van der Waals surface area contributed by atoms with Crippen LogP contribution < -0.4 is 9.62 Å². The van der Waals surface area contributed by atoms with Crippen molar-refractivity contribution < 1.29 is 18.0 Å². The second kappa shape index (κ2) is 13.9. The van der Waals surface area contributed by atoms with Gasteiger partial charge in [-0.15, -0.1) is 0 Å². The van der Waals surface area contributed by atoms with E-state index in [4.69, 9.17) is 34.8 Å². The van der Waals surface area contributed by atoms with Gasteiger partial charge in [-0.2, -0.15) is 0 Å². The molecule has 3 rings (SSSR count). The van der Waals surface area contributed by atoms with Crippen molar-refractivity contribution in [1.29, 1.82) is 0 Å². The van der Waals surface area contributed by atoms with Gasteiger partial charge in [-0.3, -0.25) is 13.9 Å². The van der Waals surface area contributed by atoms with E-state index in [1.54, 1.807) is 62.4 Å². The number of carbonyl (C=O) groups excluding carboxylic acids is 2. The number of halogens is 3. The molecule has 3 aromatic carbocycles. The Morgan fingerprint density at radius 2 is 1.56 bits per heavy atom. The van der Waals surface area contributed by atoms with E-state index in [1.807, 2.05) is 20.8 Å². The number of hydrogen-bond acceptors (Lipinski definition) is 4. The standard InChI is InChI=1S/C30H34Cl3N3O4S/c1-6-21(4)34-30(38)22(5)35(17-23-9-13-26(32)27(33)16-23)29(37)18-36(28-14-10-24(31)15-20(28)3)41(39,40)25-11-7-19(2)8-12-25/h7-16,21-22H,6,17-18H2,1-5H3,(H,34,38)/t21-,22-/m1/s1. The Bertz CT molecular complexity index is 1510. The maximum Gasteiger partial charge on any atom is 0.264 e. The first-order valence-corrected chi connectivity index (χ1v) is 15.7. The smallest absolute Gasteiger partial charge is 0.264 e. The largest absolute Gasteiger partial charge is 0.352 e. The van der Waals surface area contributed by atoms with E-state index in [1.165, 1.54) is 17.0 Å². The Labute approximate surface area is 257 Å². The van der Waals surface area contributed by atoms with Crippen molar-refractivity contribution in [2.45, 2.75) is 64.6 Å². The summed E-state index contributed by atoms with van der Waals surface area (Å²) in [5.74, 6) is -0.934. The van der Waals surface area contributed by atoms with Crippen LogP contribution in [0.1, 0.15) is 43.9 Å². The summed E-state index contributed by atoms with van der Waals surface area (Å²) in [6.45, 7) is 8.45. The summed E-state index contributed by atoms with van der Waals surface area (Å²) in [6.07, 6.45) is 0.706. The molecular weight excluding hydrogens is 605 g/mol. The van der Waals surface area contributed by atoms with Gasteiger partial charge in [-0.05, 0) is 87.7 Å². The van der Waals surface area contributed by atoms with Crippen molar-refractivity contribution in [2.24, 2.45) is 0 Å². The predicted octanol–water partition coefficient (Wildman–Crippen LogP) is 6.79. The zero-order valence-electron chi connectivity index (χ0n) is 23.6. The van der Waals surface area contributed by atoms with Gasteiger partial charge in [-0.25, -0.2) is 8.42 Å². The molecule has 0 aliphatic carbocycles. The fourth-order valence-corrected chi connectivity index (χ4v) is 6.16. The van der Waals surface area contributed by atoms with Crippen LogP contribution >= 0.6 is 34.8 Å². The molecule has 0 heterocycles. The van der Waals surface area contributed by atoms with Crippen molar-refractivity contribution in [2.75, 3.05) is 10.8 Å². The summed E-state index contributed by atoms with van der Waals surface area (Å²) < 4.78 is 29.0. The van der Waals surface area contributed by atoms with Gasteiger partial charge in [0.25, 0.3) is 10.0 Å². The third kappa shape index (κ3) is 8.16. The number of nitrogens with one attached hydrogen (secondary N) is 1. The average Bonchev–Trinajstić information content (AvgIpc) is 2.92. The quantitative estimate of drug-likeness (QED) is 0.251. The molecule has 0 fully saturated rings. The normalized spacial score (nSPS) is 12.9. The van der Waals surface area contributed by atoms with Crippen LogP contribution in [0.25, 0.3) is 0 Å². The van der Waals surface area contributed by atoms with Crippen molar-refractivity contribution in [3.05, 3.63) is 92.4 Å². The highest BCUT2D eigenvalue weighted by Crippen LogP contribution is 2.30. The first-order chi connectivity index (χ1) is 19.2. The lowest BCUT2D eigenvalue weighted by molar-refractivity contribution is -0.139. The van der Waals surface area contributed by atoms with Gasteiger partial charge in [0.05, 0.1) is 20.6 Å². The molecule has 0 unspecified atom stereocenters. The van der Waals surface area contributed by atoms with E-state index in [-0.39, 0.29) is 23.4 Å². The molecule has 0 aliphatic heterocycles. The predicted molar refractivity (Wildman–Crippen MR) is 166 cm³/mol. The van der Waals surface area contributed by atoms with Gasteiger partial charge in [0.1, 0.15) is 12.6 Å². The van der Waals surface area contributed by atoms with E-state index in [9.17, 15) is 18.0 Å². The summed E-state index contributed by atoms with van der Waals surface area (Å²) in [4.78, 5) is 28.6. The third-order valence-corrected chi connectivity index (χ3v) is 9.57. The number of nitrogens with zero attached hydrogens (tertiary/aromatic N) is 2. The highest BCUT2D eigenvalue weighted by Gasteiger charge is 2.33. The second-order valence-electron chi connectivity index (χ2n) is 10.0. The summed E-state index contributed by atoms with van der Waals surface area (Å²) in [5.41, 5.74) is 2.39. The number of aryl methyl sites for hydroxylation is 2. The Kier molecular flexibility index (Phi) is 11.1.